The van der Waals surface area contributed by atoms with Crippen LogP contribution in [0.2, 0.25) is 0 Å². The smallest absolute Gasteiger partial charge is 0.223 e. The Hall–Kier alpha value is -0.650. The van der Waals surface area contributed by atoms with E-state index in [4.69, 9.17) is 5.73 Å². The number of aliphatic hydroxyl groups excluding tert-OH is 2. The van der Waals surface area contributed by atoms with Crippen LogP contribution in [0.15, 0.2) is 0 Å². The molecule has 0 aromatic heterocycles. The van der Waals surface area contributed by atoms with Gasteiger partial charge in [0.2, 0.25) is 5.91 Å². The average molecular weight is 260 g/mol. The van der Waals surface area contributed by atoms with Gasteiger partial charge in [-0.3, -0.25) is 4.79 Å². The van der Waals surface area contributed by atoms with Crippen LogP contribution >= 0.6 is 0 Å². The molecule has 18 heavy (non-hydrogen) atoms. The quantitative estimate of drug-likeness (QED) is 0.482. The van der Waals surface area contributed by atoms with Crippen LogP contribution in [0.4, 0.5) is 0 Å². The highest BCUT2D eigenvalue weighted by Crippen LogP contribution is 2.13. The minimum Gasteiger partial charge on any atom is -0.394 e. The highest BCUT2D eigenvalue weighted by atomic mass is 16.3. The fourth-order valence-electron chi connectivity index (χ4n) is 1.70. The Bertz CT molecular complexity index is 232. The minimum atomic E-state index is -0.896. The molecule has 0 rings (SSSR count). The number of hydrogen-bond acceptors (Lipinski definition) is 4. The molecule has 0 radical (unpaired) electrons. The molecule has 0 saturated heterocycles. The average Bonchev–Trinajstić information content (AvgIpc) is 2.35. The van der Waals surface area contributed by atoms with E-state index in [0.717, 1.165) is 19.3 Å². The van der Waals surface area contributed by atoms with Crippen LogP contribution in [-0.2, 0) is 4.79 Å². The molecule has 5 nitrogen and oxygen atoms in total. The number of rotatable bonds is 9. The van der Waals surface area contributed by atoms with Crippen molar-refractivity contribution in [3.8, 4) is 0 Å². The van der Waals surface area contributed by atoms with Crippen molar-refractivity contribution < 1.29 is 15.0 Å². The monoisotopic (exact) mass is 260 g/mol. The van der Waals surface area contributed by atoms with Gasteiger partial charge in [0, 0.05) is 12.0 Å². The number of aliphatic hydroxyl groups is 2. The molecular formula is C13H28N2O3. The first-order valence-corrected chi connectivity index (χ1v) is 6.70. The van der Waals surface area contributed by atoms with E-state index in [2.05, 4.69) is 5.32 Å². The molecule has 0 heterocycles. The van der Waals surface area contributed by atoms with E-state index < -0.39 is 5.54 Å². The van der Waals surface area contributed by atoms with Crippen molar-refractivity contribution in [2.75, 3.05) is 13.2 Å². The summed E-state index contributed by atoms with van der Waals surface area (Å²) in [6.07, 6.45) is 3.07. The van der Waals surface area contributed by atoms with Crippen LogP contribution in [0.5, 0.6) is 0 Å². The highest BCUT2D eigenvalue weighted by Gasteiger charge is 2.29. The Morgan fingerprint density at radius 1 is 1.28 bits per heavy atom. The molecule has 0 aromatic carbocycles. The molecule has 5 heteroatoms. The second kappa shape index (κ2) is 8.45. The number of carbonyl (C=O) groups excluding carboxylic acids is 1. The second-order valence-corrected chi connectivity index (χ2v) is 5.25. The largest absolute Gasteiger partial charge is 0.394 e. The Morgan fingerprint density at radius 2 is 1.83 bits per heavy atom. The molecular weight excluding hydrogens is 232 g/mol. The summed E-state index contributed by atoms with van der Waals surface area (Å²) >= 11 is 0. The van der Waals surface area contributed by atoms with Gasteiger partial charge >= 0.3 is 0 Å². The van der Waals surface area contributed by atoms with E-state index in [9.17, 15) is 15.0 Å². The maximum Gasteiger partial charge on any atom is 0.223 e. The maximum absolute atomic E-state index is 11.9. The van der Waals surface area contributed by atoms with Crippen LogP contribution in [0.3, 0.4) is 0 Å². The summed E-state index contributed by atoms with van der Waals surface area (Å²) in [5.41, 5.74) is 4.76. The number of hydrogen-bond donors (Lipinski definition) is 4. The minimum absolute atomic E-state index is 0.121. The van der Waals surface area contributed by atoms with E-state index in [0.29, 0.717) is 6.42 Å². The Balaban J connectivity index is 4.21. The van der Waals surface area contributed by atoms with E-state index in [1.807, 2.05) is 20.8 Å². The van der Waals surface area contributed by atoms with Gasteiger partial charge in [-0.05, 0) is 26.2 Å². The van der Waals surface area contributed by atoms with E-state index in [1.165, 1.54) is 0 Å². The molecule has 0 aliphatic rings. The molecule has 2 atom stereocenters. The zero-order chi connectivity index (χ0) is 14.2. The van der Waals surface area contributed by atoms with Gasteiger partial charge in [0.25, 0.3) is 0 Å². The van der Waals surface area contributed by atoms with Crippen molar-refractivity contribution in [2.24, 2.45) is 11.7 Å². The third kappa shape index (κ3) is 5.80. The van der Waals surface area contributed by atoms with Gasteiger partial charge in [-0.2, -0.15) is 0 Å². The highest BCUT2D eigenvalue weighted by molar-refractivity contribution is 5.79. The molecule has 2 unspecified atom stereocenters. The predicted molar refractivity (Wildman–Crippen MR) is 72.0 cm³/mol. The van der Waals surface area contributed by atoms with E-state index in [1.54, 1.807) is 0 Å². The van der Waals surface area contributed by atoms with Crippen LogP contribution in [0.1, 0.15) is 46.5 Å². The lowest BCUT2D eigenvalue weighted by Gasteiger charge is -2.31. The van der Waals surface area contributed by atoms with Gasteiger partial charge in [0.15, 0.2) is 0 Å². The summed E-state index contributed by atoms with van der Waals surface area (Å²) in [5.74, 6) is -0.252. The van der Waals surface area contributed by atoms with Gasteiger partial charge in [-0.15, -0.1) is 0 Å². The van der Waals surface area contributed by atoms with Gasteiger partial charge in [-0.25, -0.2) is 0 Å². The SMILES string of the molecule is CCC(CO)(CO)NC(=O)C(C)CCCC(C)N. The van der Waals surface area contributed by atoms with E-state index in [-0.39, 0.29) is 31.1 Å². The molecule has 0 aliphatic heterocycles. The molecule has 1 amide bonds. The molecule has 0 saturated carbocycles. The molecule has 0 aromatic rings. The lowest BCUT2D eigenvalue weighted by molar-refractivity contribution is -0.128. The summed E-state index contributed by atoms with van der Waals surface area (Å²) < 4.78 is 0. The summed E-state index contributed by atoms with van der Waals surface area (Å²) in [7, 11) is 0. The Labute approximate surface area is 110 Å². The first-order valence-electron chi connectivity index (χ1n) is 6.70. The number of carbonyl (C=O) groups is 1. The lowest BCUT2D eigenvalue weighted by Crippen LogP contribution is -2.55. The van der Waals surface area contributed by atoms with Gasteiger partial charge in [0.05, 0.1) is 18.8 Å². The Kier molecular flexibility index (Phi) is 8.15. The topological polar surface area (TPSA) is 95.6 Å². The van der Waals surface area contributed by atoms with Crippen LogP contribution in [0, 0.1) is 5.92 Å². The zero-order valence-corrected chi connectivity index (χ0v) is 11.8. The lowest BCUT2D eigenvalue weighted by atomic mass is 9.95. The van der Waals surface area contributed by atoms with Crippen molar-refractivity contribution in [1.82, 2.24) is 5.32 Å². The van der Waals surface area contributed by atoms with Crippen molar-refractivity contribution in [3.63, 3.8) is 0 Å². The van der Waals surface area contributed by atoms with E-state index >= 15 is 0 Å². The summed E-state index contributed by atoms with van der Waals surface area (Å²) in [6.45, 7) is 5.13. The third-order valence-electron chi connectivity index (χ3n) is 3.41. The standard InChI is InChI=1S/C13H28N2O3/c1-4-13(8-16,9-17)15-12(18)10(2)6-5-7-11(3)14/h10-11,16-17H,4-9,14H2,1-3H3,(H,15,18). The van der Waals surface area contributed by atoms with Gasteiger partial charge in [0.1, 0.15) is 0 Å². The van der Waals surface area contributed by atoms with Crippen molar-refractivity contribution >= 4 is 5.91 Å². The van der Waals surface area contributed by atoms with Crippen molar-refractivity contribution in [1.29, 1.82) is 0 Å². The van der Waals surface area contributed by atoms with Crippen molar-refractivity contribution in [2.45, 2.75) is 58.0 Å². The number of nitrogens with two attached hydrogens (primary N) is 1. The zero-order valence-electron chi connectivity index (χ0n) is 11.8. The first kappa shape index (κ1) is 17.4. The van der Waals surface area contributed by atoms with Crippen LogP contribution < -0.4 is 11.1 Å². The van der Waals surface area contributed by atoms with Gasteiger partial charge < -0.3 is 21.3 Å². The Morgan fingerprint density at radius 3 is 2.22 bits per heavy atom. The summed E-state index contributed by atoms with van der Waals surface area (Å²) in [6, 6.07) is 0.157. The van der Waals surface area contributed by atoms with Gasteiger partial charge in [-0.1, -0.05) is 20.3 Å². The normalized spacial score (nSPS) is 15.2. The summed E-state index contributed by atoms with van der Waals surface area (Å²) in [4.78, 5) is 11.9. The molecule has 0 bridgehead atoms. The predicted octanol–water partition coefficient (Wildman–Crippen LogP) is 0.390. The molecule has 5 N–H and O–H groups in total. The maximum atomic E-state index is 11.9. The van der Waals surface area contributed by atoms with Crippen molar-refractivity contribution in [3.05, 3.63) is 0 Å². The number of amides is 1. The molecule has 0 fully saturated rings. The number of nitrogens with one attached hydrogen (secondary N) is 1. The summed E-state index contributed by atoms with van der Waals surface area (Å²) in [5, 5.41) is 21.3. The second-order valence-electron chi connectivity index (χ2n) is 5.25. The first-order chi connectivity index (χ1) is 8.40. The third-order valence-corrected chi connectivity index (χ3v) is 3.41. The fourth-order valence-corrected chi connectivity index (χ4v) is 1.70. The van der Waals surface area contributed by atoms with Crippen LogP contribution in [0.25, 0.3) is 0 Å². The molecule has 108 valence electrons. The molecule has 0 spiro atoms. The van der Waals surface area contributed by atoms with Crippen LogP contribution in [-0.4, -0.2) is 40.9 Å². The fraction of sp³-hybridized carbons (Fsp3) is 0.923. The molecule has 0 aliphatic carbocycles.